The molecular weight excluding hydrogens is 344 g/mol. The number of nitrogens with one attached hydrogen (secondary N) is 2. The monoisotopic (exact) mass is 360 g/mol. The first kappa shape index (κ1) is 16.6. The number of carbonyl (C=O) groups is 1. The van der Waals surface area contributed by atoms with E-state index in [0.29, 0.717) is 23.7 Å². The third-order valence-electron chi connectivity index (χ3n) is 3.57. The summed E-state index contributed by atoms with van der Waals surface area (Å²) in [5.74, 6) is 0.654. The average Bonchev–Trinajstić information content (AvgIpc) is 3.03. The second-order valence-electron chi connectivity index (χ2n) is 5.24. The maximum atomic E-state index is 12.1. The first-order valence-electron chi connectivity index (χ1n) is 7.50. The van der Waals surface area contributed by atoms with Crippen molar-refractivity contribution in [2.45, 2.75) is 6.42 Å². The van der Waals surface area contributed by atoms with Crippen molar-refractivity contribution in [2.24, 2.45) is 0 Å². The van der Waals surface area contributed by atoms with Crippen molar-refractivity contribution in [1.29, 1.82) is 0 Å². The van der Waals surface area contributed by atoms with Crippen molar-refractivity contribution < 1.29 is 9.53 Å². The van der Waals surface area contributed by atoms with Gasteiger partial charge in [0.15, 0.2) is 0 Å². The van der Waals surface area contributed by atoms with Crippen molar-refractivity contribution in [1.82, 2.24) is 0 Å². The number of fused-ring (bicyclic) bond motifs is 1. The zero-order valence-corrected chi connectivity index (χ0v) is 14.7. The predicted molar refractivity (Wildman–Crippen MR) is 102 cm³/mol. The highest BCUT2D eigenvalue weighted by Gasteiger charge is 2.06. The Labute approximate surface area is 149 Å². The summed E-state index contributed by atoms with van der Waals surface area (Å²) in [5, 5.41) is 9.89. The van der Waals surface area contributed by atoms with Gasteiger partial charge in [-0.05, 0) is 53.2 Å². The number of amides is 1. The highest BCUT2D eigenvalue weighted by atomic mass is 35.5. The summed E-state index contributed by atoms with van der Waals surface area (Å²) >= 11 is 7.67. The lowest BCUT2D eigenvalue weighted by molar-refractivity contribution is -0.115. The fraction of sp³-hybridized carbons (Fsp3) is 0.167. The third-order valence-corrected chi connectivity index (χ3v) is 4.70. The molecule has 0 saturated carbocycles. The topological polar surface area (TPSA) is 50.4 Å². The number of benzene rings is 2. The summed E-state index contributed by atoms with van der Waals surface area (Å²) < 4.78 is 6.48. The number of anilines is 2. The molecule has 0 fully saturated rings. The van der Waals surface area contributed by atoms with Crippen LogP contribution in [-0.4, -0.2) is 19.6 Å². The van der Waals surface area contributed by atoms with Crippen LogP contribution in [0, 0.1) is 0 Å². The van der Waals surface area contributed by atoms with Crippen LogP contribution in [0.2, 0.25) is 5.02 Å². The summed E-state index contributed by atoms with van der Waals surface area (Å²) in [5.41, 5.74) is 1.59. The van der Waals surface area contributed by atoms with Crippen LogP contribution in [0.4, 0.5) is 11.4 Å². The zero-order valence-electron chi connectivity index (χ0n) is 13.1. The molecular formula is C18H17ClN2O2S. The highest BCUT2D eigenvalue weighted by Crippen LogP contribution is 2.27. The maximum absolute atomic E-state index is 12.1. The molecule has 3 aromatic rings. The average molecular weight is 361 g/mol. The van der Waals surface area contributed by atoms with Crippen LogP contribution in [0.25, 0.3) is 10.1 Å². The van der Waals surface area contributed by atoms with Gasteiger partial charge in [-0.3, -0.25) is 4.79 Å². The van der Waals surface area contributed by atoms with E-state index in [-0.39, 0.29) is 5.91 Å². The fourth-order valence-electron chi connectivity index (χ4n) is 2.40. The SMILES string of the molecule is COc1ccc(Cl)cc1NCCC(=O)Nc1ccc2sccc2c1. The van der Waals surface area contributed by atoms with E-state index in [0.717, 1.165) is 16.8 Å². The van der Waals surface area contributed by atoms with Crippen LogP contribution in [0.3, 0.4) is 0 Å². The quantitative estimate of drug-likeness (QED) is 0.650. The summed E-state index contributed by atoms with van der Waals surface area (Å²) in [6, 6.07) is 13.3. The third kappa shape index (κ3) is 3.99. The van der Waals surface area contributed by atoms with E-state index >= 15 is 0 Å². The van der Waals surface area contributed by atoms with Crippen molar-refractivity contribution in [3.05, 3.63) is 52.9 Å². The molecule has 6 heteroatoms. The number of methoxy groups -OCH3 is 1. The minimum Gasteiger partial charge on any atom is -0.495 e. The molecule has 3 rings (SSSR count). The fourth-order valence-corrected chi connectivity index (χ4v) is 3.34. The van der Waals surface area contributed by atoms with E-state index in [1.54, 1.807) is 36.6 Å². The van der Waals surface area contributed by atoms with Crippen LogP contribution in [0.15, 0.2) is 47.8 Å². The molecule has 0 radical (unpaired) electrons. The number of hydrogen-bond acceptors (Lipinski definition) is 4. The molecule has 0 saturated heterocycles. The standard InChI is InChI=1S/C18H17ClN2O2S/c1-23-16-4-2-13(19)11-15(16)20-8-6-18(22)21-14-3-5-17-12(10-14)7-9-24-17/h2-5,7,9-11,20H,6,8H2,1H3,(H,21,22). The van der Waals surface area contributed by atoms with Gasteiger partial charge in [0.25, 0.3) is 0 Å². The minimum absolute atomic E-state index is 0.0434. The molecule has 4 nitrogen and oxygen atoms in total. The smallest absolute Gasteiger partial charge is 0.226 e. The molecule has 1 aromatic heterocycles. The van der Waals surface area contributed by atoms with Crippen LogP contribution in [0.5, 0.6) is 5.75 Å². The first-order valence-corrected chi connectivity index (χ1v) is 8.76. The molecule has 0 spiro atoms. The molecule has 24 heavy (non-hydrogen) atoms. The lowest BCUT2D eigenvalue weighted by Crippen LogP contribution is -2.16. The number of thiophene rings is 1. The second-order valence-corrected chi connectivity index (χ2v) is 6.63. The molecule has 124 valence electrons. The Bertz CT molecular complexity index is 863. The number of hydrogen-bond donors (Lipinski definition) is 2. The van der Waals surface area contributed by atoms with Gasteiger partial charge >= 0.3 is 0 Å². The molecule has 2 aromatic carbocycles. The van der Waals surface area contributed by atoms with Gasteiger partial charge in [0.1, 0.15) is 5.75 Å². The maximum Gasteiger partial charge on any atom is 0.226 e. The molecule has 0 bridgehead atoms. The van der Waals surface area contributed by atoms with Crippen molar-refractivity contribution in [3.8, 4) is 5.75 Å². The van der Waals surface area contributed by atoms with Crippen LogP contribution in [-0.2, 0) is 4.79 Å². The lowest BCUT2D eigenvalue weighted by atomic mass is 10.2. The van der Waals surface area contributed by atoms with Gasteiger partial charge in [-0.2, -0.15) is 0 Å². The van der Waals surface area contributed by atoms with E-state index < -0.39 is 0 Å². The Morgan fingerprint density at radius 3 is 2.92 bits per heavy atom. The minimum atomic E-state index is -0.0434. The van der Waals surface area contributed by atoms with Gasteiger partial charge in [-0.1, -0.05) is 11.6 Å². The van der Waals surface area contributed by atoms with Gasteiger partial charge in [0, 0.05) is 28.4 Å². The summed E-state index contributed by atoms with van der Waals surface area (Å²) in [6.45, 7) is 0.489. The van der Waals surface area contributed by atoms with E-state index in [2.05, 4.69) is 10.6 Å². The van der Waals surface area contributed by atoms with Crippen LogP contribution < -0.4 is 15.4 Å². The molecule has 1 heterocycles. The molecule has 0 aliphatic carbocycles. The first-order chi connectivity index (χ1) is 11.7. The molecule has 2 N–H and O–H groups in total. The molecule has 0 atom stereocenters. The van der Waals surface area contributed by atoms with Gasteiger partial charge in [-0.15, -0.1) is 11.3 Å². The Kier molecular flexibility index (Phi) is 5.23. The number of rotatable bonds is 6. The van der Waals surface area contributed by atoms with Crippen molar-refractivity contribution in [2.75, 3.05) is 24.3 Å². The molecule has 1 amide bonds. The molecule has 0 aliphatic rings. The number of halogens is 1. The number of ether oxygens (including phenoxy) is 1. The van der Waals surface area contributed by atoms with Crippen molar-refractivity contribution in [3.63, 3.8) is 0 Å². The van der Waals surface area contributed by atoms with Crippen molar-refractivity contribution >= 4 is 50.3 Å². The van der Waals surface area contributed by atoms with Gasteiger partial charge in [0.2, 0.25) is 5.91 Å². The molecule has 0 unspecified atom stereocenters. The van der Waals surface area contributed by atoms with E-state index in [1.807, 2.05) is 29.6 Å². The van der Waals surface area contributed by atoms with E-state index in [4.69, 9.17) is 16.3 Å². The molecule has 0 aliphatic heterocycles. The Morgan fingerprint density at radius 2 is 2.08 bits per heavy atom. The van der Waals surface area contributed by atoms with E-state index in [9.17, 15) is 4.79 Å². The Balaban J connectivity index is 1.55. The normalized spacial score (nSPS) is 10.6. The van der Waals surface area contributed by atoms with Gasteiger partial charge in [0.05, 0.1) is 12.8 Å². The predicted octanol–water partition coefficient (Wildman–Crippen LogP) is 5.00. The second kappa shape index (κ2) is 7.55. The van der Waals surface area contributed by atoms with Gasteiger partial charge < -0.3 is 15.4 Å². The largest absolute Gasteiger partial charge is 0.495 e. The Morgan fingerprint density at radius 1 is 1.21 bits per heavy atom. The summed E-state index contributed by atoms with van der Waals surface area (Å²) in [6.07, 6.45) is 0.345. The highest BCUT2D eigenvalue weighted by molar-refractivity contribution is 7.17. The van der Waals surface area contributed by atoms with E-state index in [1.165, 1.54) is 4.70 Å². The van der Waals surface area contributed by atoms with Crippen LogP contribution in [0.1, 0.15) is 6.42 Å². The summed E-state index contributed by atoms with van der Waals surface area (Å²) in [7, 11) is 1.60. The lowest BCUT2D eigenvalue weighted by Gasteiger charge is -2.11. The number of carbonyl (C=O) groups excluding carboxylic acids is 1. The van der Waals surface area contributed by atoms with Gasteiger partial charge in [-0.25, -0.2) is 0 Å². The van der Waals surface area contributed by atoms with Crippen LogP contribution >= 0.6 is 22.9 Å². The zero-order chi connectivity index (χ0) is 16.9. The Hall–Kier alpha value is -2.24. The summed E-state index contributed by atoms with van der Waals surface area (Å²) in [4.78, 5) is 12.1.